The highest BCUT2D eigenvalue weighted by Gasteiger charge is 2.13. The maximum absolute atomic E-state index is 4.97. The summed E-state index contributed by atoms with van der Waals surface area (Å²) >= 11 is 0. The molecule has 1 aromatic heterocycles. The second-order valence-electron chi connectivity index (χ2n) is 11.7. The van der Waals surface area contributed by atoms with E-state index in [-0.39, 0.29) is 0 Å². The quantitative estimate of drug-likeness (QED) is 0.179. The first-order valence-electron chi connectivity index (χ1n) is 16.1. The van der Waals surface area contributed by atoms with Crippen LogP contribution in [0.2, 0.25) is 0 Å². The third kappa shape index (κ3) is 6.05. The number of nitrogens with zero attached hydrogens (tertiary/aromatic N) is 3. The van der Waals surface area contributed by atoms with Crippen molar-refractivity contribution in [2.24, 2.45) is 0 Å². The van der Waals surface area contributed by atoms with Gasteiger partial charge in [-0.2, -0.15) is 0 Å². The van der Waals surface area contributed by atoms with Crippen LogP contribution in [0.15, 0.2) is 188 Å². The van der Waals surface area contributed by atoms with Crippen molar-refractivity contribution in [3.05, 3.63) is 188 Å². The number of hydrogen-bond donors (Lipinski definition) is 0. The largest absolute Gasteiger partial charge is 0.208 e. The number of rotatable bonds is 7. The van der Waals surface area contributed by atoms with Gasteiger partial charge in [0.1, 0.15) is 0 Å². The molecule has 0 unspecified atom stereocenters. The molecule has 7 aromatic carbocycles. The van der Waals surface area contributed by atoms with E-state index in [0.29, 0.717) is 17.5 Å². The molecule has 8 rings (SSSR count). The van der Waals surface area contributed by atoms with Crippen LogP contribution in [0.25, 0.3) is 78.7 Å². The molecule has 1 heterocycles. The Morgan fingerprint density at radius 3 is 1.04 bits per heavy atom. The van der Waals surface area contributed by atoms with Crippen molar-refractivity contribution in [1.29, 1.82) is 0 Å². The van der Waals surface area contributed by atoms with Crippen LogP contribution in [0.1, 0.15) is 0 Å². The van der Waals surface area contributed by atoms with E-state index < -0.39 is 0 Å². The maximum atomic E-state index is 4.97. The lowest BCUT2D eigenvalue weighted by atomic mass is 9.92. The fourth-order valence-electron chi connectivity index (χ4n) is 6.08. The Hall–Kier alpha value is -6.45. The van der Waals surface area contributed by atoms with Crippen molar-refractivity contribution in [2.45, 2.75) is 0 Å². The molecule has 3 nitrogen and oxygen atoms in total. The summed E-state index contributed by atoms with van der Waals surface area (Å²) in [5, 5.41) is 0. The van der Waals surface area contributed by atoms with E-state index in [1.165, 1.54) is 27.8 Å². The minimum absolute atomic E-state index is 0.642. The lowest BCUT2D eigenvalue weighted by molar-refractivity contribution is 1.07. The van der Waals surface area contributed by atoms with Crippen LogP contribution in [0.3, 0.4) is 0 Å². The second-order valence-corrected chi connectivity index (χ2v) is 11.7. The van der Waals surface area contributed by atoms with Gasteiger partial charge in [-0.05, 0) is 50.6 Å². The predicted octanol–water partition coefficient (Wildman–Crippen LogP) is 11.5. The van der Waals surface area contributed by atoms with Crippen LogP contribution in [-0.4, -0.2) is 15.0 Å². The summed E-state index contributed by atoms with van der Waals surface area (Å²) < 4.78 is 0. The zero-order valence-corrected chi connectivity index (χ0v) is 26.2. The van der Waals surface area contributed by atoms with Crippen LogP contribution < -0.4 is 0 Å². The molecular weight excluding hydrogens is 583 g/mol. The molecule has 0 fully saturated rings. The van der Waals surface area contributed by atoms with Crippen LogP contribution in [0.5, 0.6) is 0 Å². The molecule has 0 bridgehead atoms. The Bertz CT molecular complexity index is 2300. The average Bonchev–Trinajstić information content (AvgIpc) is 3.19. The molecular formula is C45H31N3. The molecule has 0 radical (unpaired) electrons. The molecule has 0 saturated carbocycles. The molecule has 3 heteroatoms. The topological polar surface area (TPSA) is 38.7 Å². The van der Waals surface area contributed by atoms with Gasteiger partial charge in [0.15, 0.2) is 17.5 Å². The molecule has 0 aliphatic rings. The van der Waals surface area contributed by atoms with Gasteiger partial charge in [-0.1, -0.05) is 182 Å². The predicted molar refractivity (Wildman–Crippen MR) is 198 cm³/mol. The average molecular weight is 614 g/mol. The van der Waals surface area contributed by atoms with Gasteiger partial charge in [0.25, 0.3) is 0 Å². The van der Waals surface area contributed by atoms with Gasteiger partial charge < -0.3 is 0 Å². The maximum Gasteiger partial charge on any atom is 0.164 e. The van der Waals surface area contributed by atoms with Crippen LogP contribution >= 0.6 is 0 Å². The molecule has 226 valence electrons. The van der Waals surface area contributed by atoms with E-state index in [1.807, 2.05) is 36.4 Å². The highest BCUT2D eigenvalue weighted by molar-refractivity contribution is 5.85. The highest BCUT2D eigenvalue weighted by atomic mass is 15.0. The van der Waals surface area contributed by atoms with Gasteiger partial charge in [0, 0.05) is 16.7 Å². The minimum atomic E-state index is 0.642. The van der Waals surface area contributed by atoms with E-state index in [4.69, 9.17) is 15.0 Å². The normalized spacial score (nSPS) is 10.9. The van der Waals surface area contributed by atoms with E-state index in [2.05, 4.69) is 152 Å². The Kier molecular flexibility index (Phi) is 7.92. The fourth-order valence-corrected chi connectivity index (χ4v) is 6.08. The van der Waals surface area contributed by atoms with Crippen molar-refractivity contribution < 1.29 is 0 Å². The summed E-state index contributed by atoms with van der Waals surface area (Å²) in [4.78, 5) is 14.8. The third-order valence-electron chi connectivity index (χ3n) is 8.58. The number of aromatic nitrogens is 3. The first-order valence-corrected chi connectivity index (χ1v) is 16.1. The van der Waals surface area contributed by atoms with Gasteiger partial charge >= 0.3 is 0 Å². The summed E-state index contributed by atoms with van der Waals surface area (Å²) in [5.74, 6) is 1.94. The summed E-state index contributed by atoms with van der Waals surface area (Å²) in [7, 11) is 0. The molecule has 0 N–H and O–H groups in total. The number of hydrogen-bond acceptors (Lipinski definition) is 3. The van der Waals surface area contributed by atoms with E-state index >= 15 is 0 Å². The fraction of sp³-hybridized carbons (Fsp3) is 0. The Morgan fingerprint density at radius 1 is 0.208 bits per heavy atom. The van der Waals surface area contributed by atoms with Crippen molar-refractivity contribution in [3.8, 4) is 78.7 Å². The lowest BCUT2D eigenvalue weighted by Crippen LogP contribution is -2.00. The molecule has 0 amide bonds. The van der Waals surface area contributed by atoms with E-state index in [9.17, 15) is 0 Å². The summed E-state index contributed by atoms with van der Waals surface area (Å²) in [6.07, 6.45) is 0. The van der Waals surface area contributed by atoms with Gasteiger partial charge in [-0.15, -0.1) is 0 Å². The van der Waals surface area contributed by atoms with E-state index in [0.717, 1.165) is 33.4 Å². The van der Waals surface area contributed by atoms with Crippen molar-refractivity contribution in [2.75, 3.05) is 0 Å². The SMILES string of the molecule is c1ccc(-c2ccc(-c3nc(-c4ccccc4)nc(-c4ccc(-c5cccc(-c6ccccc6-c6ccccc6)c5)cc4)n3)cc2)cc1. The second kappa shape index (κ2) is 13.1. The monoisotopic (exact) mass is 613 g/mol. The number of benzene rings is 7. The zero-order valence-electron chi connectivity index (χ0n) is 26.2. The van der Waals surface area contributed by atoms with E-state index in [1.54, 1.807) is 0 Å². The van der Waals surface area contributed by atoms with Gasteiger partial charge in [0.05, 0.1) is 0 Å². The van der Waals surface area contributed by atoms with Gasteiger partial charge in [-0.25, -0.2) is 15.0 Å². The van der Waals surface area contributed by atoms with Gasteiger partial charge in [0.2, 0.25) is 0 Å². The molecule has 8 aromatic rings. The van der Waals surface area contributed by atoms with Gasteiger partial charge in [-0.3, -0.25) is 0 Å². The molecule has 48 heavy (non-hydrogen) atoms. The van der Waals surface area contributed by atoms with Crippen molar-refractivity contribution in [1.82, 2.24) is 15.0 Å². The summed E-state index contributed by atoms with van der Waals surface area (Å²) in [5.41, 5.74) is 12.3. The molecule has 0 atom stereocenters. The standard InChI is InChI=1S/C45H31N3/c1-4-13-32(14-5-1)33-23-27-37(28-24-33)44-46-43(36-17-8-3-9-18-36)47-45(48-44)38-29-25-34(26-30-38)39-19-12-20-40(31-39)42-22-11-10-21-41(42)35-15-6-2-7-16-35/h1-31H. The zero-order chi connectivity index (χ0) is 32.1. The lowest BCUT2D eigenvalue weighted by Gasteiger charge is -2.12. The summed E-state index contributed by atoms with van der Waals surface area (Å²) in [6.45, 7) is 0. The van der Waals surface area contributed by atoms with Crippen molar-refractivity contribution in [3.63, 3.8) is 0 Å². The first kappa shape index (κ1) is 29.0. The molecule has 0 saturated heterocycles. The van der Waals surface area contributed by atoms with Crippen LogP contribution in [0.4, 0.5) is 0 Å². The molecule has 0 spiro atoms. The molecule has 0 aliphatic heterocycles. The molecule has 0 aliphatic carbocycles. The first-order chi connectivity index (χ1) is 23.8. The Labute approximate surface area is 280 Å². The third-order valence-corrected chi connectivity index (χ3v) is 8.58. The highest BCUT2D eigenvalue weighted by Crippen LogP contribution is 2.35. The van der Waals surface area contributed by atoms with Crippen LogP contribution in [0, 0.1) is 0 Å². The van der Waals surface area contributed by atoms with Crippen LogP contribution in [-0.2, 0) is 0 Å². The minimum Gasteiger partial charge on any atom is -0.208 e. The summed E-state index contributed by atoms with van der Waals surface area (Å²) in [6, 6.07) is 65.3. The Morgan fingerprint density at radius 2 is 0.521 bits per heavy atom. The Balaban J connectivity index is 1.14. The van der Waals surface area contributed by atoms with Crippen molar-refractivity contribution >= 4 is 0 Å². The smallest absolute Gasteiger partial charge is 0.164 e.